The van der Waals surface area contributed by atoms with E-state index in [1.54, 1.807) is 12.1 Å². The number of non-ortho nitro benzene ring substituents is 1. The molecular formula is C28H29N3O2. The fourth-order valence-corrected chi connectivity index (χ4v) is 5.14. The summed E-state index contributed by atoms with van der Waals surface area (Å²) in [6.07, 6.45) is 3.19. The highest BCUT2D eigenvalue weighted by atomic mass is 16.6. The number of rotatable bonds is 4. The van der Waals surface area contributed by atoms with Crippen LogP contribution in [0, 0.1) is 15.5 Å². The average Bonchev–Trinajstić information content (AvgIpc) is 2.83. The predicted octanol–water partition coefficient (Wildman–Crippen LogP) is 7.08. The van der Waals surface area contributed by atoms with Crippen molar-refractivity contribution in [2.75, 3.05) is 16.3 Å². The van der Waals surface area contributed by atoms with Crippen molar-refractivity contribution in [3.63, 3.8) is 0 Å². The summed E-state index contributed by atoms with van der Waals surface area (Å²) in [5, 5.41) is 11.3. The molecular weight excluding hydrogens is 410 g/mol. The smallest absolute Gasteiger partial charge is 0.269 e. The molecule has 5 heteroatoms. The minimum atomic E-state index is -0.334. The number of hydrogen-bond donors (Lipinski definition) is 0. The van der Waals surface area contributed by atoms with Gasteiger partial charge in [-0.3, -0.25) is 10.1 Å². The zero-order valence-corrected chi connectivity index (χ0v) is 19.1. The lowest BCUT2D eigenvalue weighted by Crippen LogP contribution is -2.49. The molecule has 0 bridgehead atoms. The summed E-state index contributed by atoms with van der Waals surface area (Å²) in [5.74, 6) is 0. The summed E-state index contributed by atoms with van der Waals surface area (Å²) < 4.78 is 0. The highest BCUT2D eigenvalue weighted by molar-refractivity contribution is 5.64. The van der Waals surface area contributed by atoms with Gasteiger partial charge in [-0.1, -0.05) is 50.2 Å². The second-order valence-electron chi connectivity index (χ2n) is 9.78. The Morgan fingerprint density at radius 3 is 2.09 bits per heavy atom. The summed E-state index contributed by atoms with van der Waals surface area (Å²) in [6, 6.07) is 28.1. The van der Waals surface area contributed by atoms with Crippen molar-refractivity contribution in [2.24, 2.45) is 5.41 Å². The Morgan fingerprint density at radius 2 is 1.48 bits per heavy atom. The Bertz CT molecular complexity index is 1170. The molecule has 0 aromatic heterocycles. The molecule has 0 amide bonds. The van der Waals surface area contributed by atoms with E-state index in [1.807, 2.05) is 24.3 Å². The number of para-hydroxylation sites is 2. The van der Waals surface area contributed by atoms with Crippen LogP contribution in [0.4, 0.5) is 17.1 Å². The Kier molecular flexibility index (Phi) is 5.41. The van der Waals surface area contributed by atoms with Gasteiger partial charge in [0, 0.05) is 35.7 Å². The van der Waals surface area contributed by atoms with E-state index in [4.69, 9.17) is 0 Å². The molecule has 0 spiro atoms. The van der Waals surface area contributed by atoms with Gasteiger partial charge in [-0.15, -0.1) is 0 Å². The number of nitro groups is 1. The minimum Gasteiger partial charge on any atom is -0.343 e. The molecule has 0 saturated carbocycles. The van der Waals surface area contributed by atoms with Gasteiger partial charge in [0.1, 0.15) is 6.17 Å². The second-order valence-corrected chi connectivity index (χ2v) is 9.78. The maximum atomic E-state index is 11.3. The maximum Gasteiger partial charge on any atom is 0.269 e. The van der Waals surface area contributed by atoms with Crippen molar-refractivity contribution in [2.45, 2.75) is 39.3 Å². The normalized spacial score (nSPS) is 19.9. The molecule has 1 aliphatic carbocycles. The first-order chi connectivity index (χ1) is 15.9. The molecule has 2 aliphatic rings. The number of nitrogens with zero attached hydrogens (tertiary/aromatic N) is 3. The van der Waals surface area contributed by atoms with Crippen LogP contribution < -0.4 is 9.80 Å². The van der Waals surface area contributed by atoms with Gasteiger partial charge in [0.2, 0.25) is 0 Å². The molecule has 1 aliphatic heterocycles. The number of anilines is 2. The monoisotopic (exact) mass is 439 g/mol. The first-order valence-corrected chi connectivity index (χ1v) is 11.5. The molecule has 0 N–H and O–H groups in total. The van der Waals surface area contributed by atoms with Crippen molar-refractivity contribution in [1.82, 2.24) is 0 Å². The number of allylic oxidation sites excluding steroid dienone is 1. The highest BCUT2D eigenvalue weighted by Gasteiger charge is 2.40. The topological polar surface area (TPSA) is 49.6 Å². The van der Waals surface area contributed by atoms with Crippen molar-refractivity contribution in [1.29, 1.82) is 0 Å². The van der Waals surface area contributed by atoms with Gasteiger partial charge in [0.15, 0.2) is 0 Å². The third kappa shape index (κ3) is 4.11. The van der Waals surface area contributed by atoms with Crippen molar-refractivity contribution in [3.05, 3.63) is 112 Å². The van der Waals surface area contributed by atoms with E-state index in [1.165, 1.54) is 17.7 Å². The Labute approximate surface area is 195 Å². The van der Waals surface area contributed by atoms with Gasteiger partial charge in [0.25, 0.3) is 5.69 Å². The molecule has 1 unspecified atom stereocenters. The maximum absolute atomic E-state index is 11.3. The molecule has 0 saturated heterocycles. The van der Waals surface area contributed by atoms with Crippen LogP contribution in [0.1, 0.15) is 44.8 Å². The van der Waals surface area contributed by atoms with Crippen LogP contribution >= 0.6 is 0 Å². The lowest BCUT2D eigenvalue weighted by molar-refractivity contribution is -0.384. The molecule has 5 nitrogen and oxygen atoms in total. The van der Waals surface area contributed by atoms with Gasteiger partial charge in [0.05, 0.1) is 4.92 Å². The van der Waals surface area contributed by atoms with Gasteiger partial charge in [-0.2, -0.15) is 0 Å². The van der Waals surface area contributed by atoms with E-state index in [9.17, 15) is 10.1 Å². The standard InChI is InChI=1S/C28H29N3O2/c1-28(2)18-17-22-20-29(23-9-5-3-6-10-23)27(21-13-15-25(16-14-21)31(32)33)30(26(22)19-28)24-11-7-4-8-12-24/h3-16,27H,17-20H2,1-2H3. The van der Waals surface area contributed by atoms with E-state index in [-0.39, 0.29) is 22.2 Å². The summed E-state index contributed by atoms with van der Waals surface area (Å²) >= 11 is 0. The van der Waals surface area contributed by atoms with Crippen LogP contribution in [0.15, 0.2) is 96.2 Å². The minimum absolute atomic E-state index is 0.0942. The van der Waals surface area contributed by atoms with Crippen molar-refractivity contribution in [3.8, 4) is 0 Å². The van der Waals surface area contributed by atoms with Crippen LogP contribution in [0.3, 0.4) is 0 Å². The fourth-order valence-electron chi connectivity index (χ4n) is 5.14. The predicted molar refractivity (Wildman–Crippen MR) is 133 cm³/mol. The van der Waals surface area contributed by atoms with E-state index in [0.29, 0.717) is 0 Å². The van der Waals surface area contributed by atoms with Crippen molar-refractivity contribution < 1.29 is 4.92 Å². The summed E-state index contributed by atoms with van der Waals surface area (Å²) in [6.45, 7) is 5.56. The lowest BCUT2D eigenvalue weighted by atomic mass is 9.75. The molecule has 33 heavy (non-hydrogen) atoms. The van der Waals surface area contributed by atoms with Gasteiger partial charge >= 0.3 is 0 Å². The average molecular weight is 440 g/mol. The third-order valence-corrected chi connectivity index (χ3v) is 6.87. The zero-order valence-electron chi connectivity index (χ0n) is 19.1. The molecule has 1 atom stereocenters. The molecule has 1 heterocycles. The SMILES string of the molecule is CC1(C)CCC2=C(C1)N(c1ccccc1)C(c1ccc([N+](=O)[O-])cc1)N(c1ccccc1)C2. The number of nitro benzene ring substituents is 1. The first kappa shape index (κ1) is 21.3. The molecule has 0 fully saturated rings. The van der Waals surface area contributed by atoms with Crippen LogP contribution in [-0.4, -0.2) is 11.5 Å². The van der Waals surface area contributed by atoms with Crippen LogP contribution in [0.25, 0.3) is 0 Å². The van der Waals surface area contributed by atoms with Crippen LogP contribution in [0.2, 0.25) is 0 Å². The van der Waals surface area contributed by atoms with Crippen molar-refractivity contribution >= 4 is 17.1 Å². The molecule has 168 valence electrons. The van der Waals surface area contributed by atoms with E-state index in [0.717, 1.165) is 36.3 Å². The number of benzene rings is 3. The number of hydrogen-bond acceptors (Lipinski definition) is 4. The Hall–Kier alpha value is -3.60. The lowest BCUT2D eigenvalue weighted by Gasteiger charge is -2.51. The Balaban J connectivity index is 1.71. The second kappa shape index (κ2) is 8.39. The quantitative estimate of drug-likeness (QED) is 0.322. The van der Waals surface area contributed by atoms with Gasteiger partial charge in [-0.25, -0.2) is 0 Å². The van der Waals surface area contributed by atoms with Gasteiger partial charge in [-0.05, 0) is 72.2 Å². The third-order valence-electron chi connectivity index (χ3n) is 6.87. The molecule has 3 aromatic carbocycles. The van der Waals surface area contributed by atoms with Crippen LogP contribution in [-0.2, 0) is 0 Å². The van der Waals surface area contributed by atoms with E-state index < -0.39 is 0 Å². The van der Waals surface area contributed by atoms with E-state index >= 15 is 0 Å². The molecule has 0 radical (unpaired) electrons. The summed E-state index contributed by atoms with van der Waals surface area (Å²) in [4.78, 5) is 15.9. The Morgan fingerprint density at radius 1 is 0.879 bits per heavy atom. The molecule has 5 rings (SSSR count). The first-order valence-electron chi connectivity index (χ1n) is 11.5. The van der Waals surface area contributed by atoms with E-state index in [2.05, 4.69) is 72.2 Å². The fraction of sp³-hybridized carbons (Fsp3) is 0.286. The van der Waals surface area contributed by atoms with Crippen LogP contribution in [0.5, 0.6) is 0 Å². The summed E-state index contributed by atoms with van der Waals surface area (Å²) in [7, 11) is 0. The summed E-state index contributed by atoms with van der Waals surface area (Å²) in [5.41, 5.74) is 6.58. The zero-order chi connectivity index (χ0) is 23.0. The largest absolute Gasteiger partial charge is 0.343 e. The highest BCUT2D eigenvalue weighted by Crippen LogP contribution is 2.49. The van der Waals surface area contributed by atoms with Gasteiger partial charge < -0.3 is 9.80 Å². The molecule has 3 aromatic rings.